The van der Waals surface area contributed by atoms with E-state index < -0.39 is 0 Å². The van der Waals surface area contributed by atoms with Crippen molar-refractivity contribution in [3.63, 3.8) is 0 Å². The Hall–Kier alpha value is -1.72. The highest BCUT2D eigenvalue weighted by molar-refractivity contribution is 5.22. The number of benzene rings is 1. The zero-order valence-corrected chi connectivity index (χ0v) is 11.8. The van der Waals surface area contributed by atoms with Gasteiger partial charge in [0.1, 0.15) is 12.2 Å². The van der Waals surface area contributed by atoms with E-state index in [0.717, 1.165) is 32.0 Å². The van der Waals surface area contributed by atoms with Crippen LogP contribution in [0.25, 0.3) is 0 Å². The summed E-state index contributed by atoms with van der Waals surface area (Å²) in [4.78, 5) is 6.74. The Morgan fingerprint density at radius 2 is 2.05 bits per heavy atom. The number of hydrogen-bond acceptors (Lipinski definition) is 4. The van der Waals surface area contributed by atoms with Crippen molar-refractivity contribution in [1.82, 2.24) is 19.7 Å². The van der Waals surface area contributed by atoms with Crippen molar-refractivity contribution in [2.75, 3.05) is 19.6 Å². The molecule has 5 nitrogen and oxygen atoms in total. The summed E-state index contributed by atoms with van der Waals surface area (Å²) in [6.45, 7) is 3.65. The van der Waals surface area contributed by atoms with Crippen LogP contribution in [0.2, 0.25) is 0 Å². The van der Waals surface area contributed by atoms with Gasteiger partial charge < -0.3 is 5.73 Å². The highest BCUT2D eigenvalue weighted by Crippen LogP contribution is 2.32. The van der Waals surface area contributed by atoms with E-state index in [0.29, 0.717) is 11.8 Å². The van der Waals surface area contributed by atoms with Gasteiger partial charge in [0.25, 0.3) is 0 Å². The van der Waals surface area contributed by atoms with Crippen molar-refractivity contribution in [3.8, 4) is 0 Å². The second kappa shape index (κ2) is 5.73. The van der Waals surface area contributed by atoms with Gasteiger partial charge in [-0.25, -0.2) is 4.98 Å². The maximum atomic E-state index is 5.97. The summed E-state index contributed by atoms with van der Waals surface area (Å²) in [5.74, 6) is 2.05. The lowest BCUT2D eigenvalue weighted by atomic mass is 9.89. The van der Waals surface area contributed by atoms with Crippen LogP contribution in [-0.4, -0.2) is 39.3 Å². The zero-order valence-electron chi connectivity index (χ0n) is 11.8. The van der Waals surface area contributed by atoms with Crippen LogP contribution in [0.3, 0.4) is 0 Å². The van der Waals surface area contributed by atoms with Crippen LogP contribution in [0, 0.1) is 5.92 Å². The summed E-state index contributed by atoms with van der Waals surface area (Å²) < 4.78 is 1.84. The second-order valence-corrected chi connectivity index (χ2v) is 5.51. The Labute approximate surface area is 119 Å². The first-order chi connectivity index (χ1) is 9.78. The number of aryl methyl sites for hydroxylation is 1. The van der Waals surface area contributed by atoms with Crippen molar-refractivity contribution in [2.24, 2.45) is 18.7 Å². The van der Waals surface area contributed by atoms with Crippen LogP contribution in [0.5, 0.6) is 0 Å². The molecular weight excluding hydrogens is 250 g/mol. The summed E-state index contributed by atoms with van der Waals surface area (Å²) in [6.07, 6.45) is 1.61. The van der Waals surface area contributed by atoms with Crippen LogP contribution in [-0.2, 0) is 13.6 Å². The van der Waals surface area contributed by atoms with E-state index in [1.54, 1.807) is 6.33 Å². The quantitative estimate of drug-likeness (QED) is 0.901. The van der Waals surface area contributed by atoms with Gasteiger partial charge in [0.05, 0.1) is 6.54 Å². The van der Waals surface area contributed by atoms with Gasteiger partial charge in [0, 0.05) is 26.1 Å². The number of nitrogens with two attached hydrogens (primary N) is 1. The predicted molar refractivity (Wildman–Crippen MR) is 78.0 cm³/mol. The van der Waals surface area contributed by atoms with Crippen LogP contribution in [0.4, 0.5) is 0 Å². The molecular formula is C15H21N5. The minimum Gasteiger partial charge on any atom is -0.330 e. The smallest absolute Gasteiger partial charge is 0.140 e. The molecule has 1 aromatic carbocycles. The average molecular weight is 271 g/mol. The third-order valence-electron chi connectivity index (χ3n) is 4.22. The molecule has 1 aliphatic heterocycles. The van der Waals surface area contributed by atoms with E-state index in [4.69, 9.17) is 5.73 Å². The molecule has 0 aliphatic carbocycles. The summed E-state index contributed by atoms with van der Waals surface area (Å²) in [6, 6.07) is 10.7. The third kappa shape index (κ3) is 2.59. The average Bonchev–Trinajstić information content (AvgIpc) is 3.07. The molecule has 0 saturated carbocycles. The van der Waals surface area contributed by atoms with Crippen molar-refractivity contribution < 1.29 is 0 Å². The molecule has 1 aliphatic rings. The van der Waals surface area contributed by atoms with Gasteiger partial charge in [-0.15, -0.1) is 0 Å². The van der Waals surface area contributed by atoms with E-state index >= 15 is 0 Å². The Morgan fingerprint density at radius 1 is 1.25 bits per heavy atom. The Kier molecular flexibility index (Phi) is 3.80. The molecule has 0 amide bonds. The van der Waals surface area contributed by atoms with Gasteiger partial charge in [-0.3, -0.25) is 9.58 Å². The van der Waals surface area contributed by atoms with Crippen LogP contribution in [0.15, 0.2) is 36.7 Å². The van der Waals surface area contributed by atoms with Crippen molar-refractivity contribution in [2.45, 2.75) is 12.5 Å². The molecule has 5 heteroatoms. The highest BCUT2D eigenvalue weighted by Gasteiger charge is 2.33. The minimum absolute atomic E-state index is 0.519. The summed E-state index contributed by atoms with van der Waals surface area (Å²) in [7, 11) is 1.94. The number of likely N-dealkylation sites (tertiary alicyclic amines) is 1. The van der Waals surface area contributed by atoms with Gasteiger partial charge in [0.2, 0.25) is 0 Å². The fourth-order valence-electron chi connectivity index (χ4n) is 3.07. The molecule has 106 valence electrons. The van der Waals surface area contributed by atoms with E-state index in [-0.39, 0.29) is 0 Å². The lowest BCUT2D eigenvalue weighted by Gasteiger charge is -2.16. The van der Waals surface area contributed by atoms with Gasteiger partial charge in [-0.2, -0.15) is 5.10 Å². The highest BCUT2D eigenvalue weighted by atomic mass is 15.3. The van der Waals surface area contributed by atoms with Gasteiger partial charge in [-0.05, 0) is 18.0 Å². The molecule has 1 saturated heterocycles. The summed E-state index contributed by atoms with van der Waals surface area (Å²) >= 11 is 0. The molecule has 1 aromatic heterocycles. The van der Waals surface area contributed by atoms with Crippen molar-refractivity contribution in [3.05, 3.63) is 48.0 Å². The molecule has 20 heavy (non-hydrogen) atoms. The summed E-state index contributed by atoms with van der Waals surface area (Å²) in [5, 5.41) is 4.13. The normalized spacial score (nSPS) is 23.3. The van der Waals surface area contributed by atoms with Gasteiger partial charge in [0.15, 0.2) is 0 Å². The zero-order chi connectivity index (χ0) is 13.9. The standard InChI is InChI=1S/C15H21N5/c1-19-15(17-11-18-19)10-20-8-13(7-16)14(9-20)12-5-3-2-4-6-12/h2-6,11,13-14H,7-10,16H2,1H3/t13-,14+/m1/s1. The molecule has 2 N–H and O–H groups in total. The Morgan fingerprint density at radius 3 is 2.70 bits per heavy atom. The predicted octanol–water partition coefficient (Wildman–Crippen LogP) is 0.989. The van der Waals surface area contributed by atoms with Gasteiger partial charge in [-0.1, -0.05) is 30.3 Å². The van der Waals surface area contributed by atoms with E-state index in [9.17, 15) is 0 Å². The molecule has 1 fully saturated rings. The first-order valence-electron chi connectivity index (χ1n) is 7.08. The number of nitrogens with zero attached hydrogens (tertiary/aromatic N) is 4. The fraction of sp³-hybridized carbons (Fsp3) is 0.467. The molecule has 2 aromatic rings. The van der Waals surface area contributed by atoms with Gasteiger partial charge >= 0.3 is 0 Å². The lowest BCUT2D eigenvalue weighted by Crippen LogP contribution is -2.24. The lowest BCUT2D eigenvalue weighted by molar-refractivity contribution is 0.303. The minimum atomic E-state index is 0.519. The van der Waals surface area contributed by atoms with Crippen molar-refractivity contribution in [1.29, 1.82) is 0 Å². The number of rotatable bonds is 4. The molecule has 0 unspecified atom stereocenters. The monoisotopic (exact) mass is 271 g/mol. The number of hydrogen-bond donors (Lipinski definition) is 1. The first-order valence-corrected chi connectivity index (χ1v) is 7.08. The largest absolute Gasteiger partial charge is 0.330 e. The second-order valence-electron chi connectivity index (χ2n) is 5.51. The maximum Gasteiger partial charge on any atom is 0.140 e. The van der Waals surface area contributed by atoms with Crippen LogP contribution < -0.4 is 5.73 Å². The van der Waals surface area contributed by atoms with E-state index in [1.165, 1.54) is 5.56 Å². The fourth-order valence-corrected chi connectivity index (χ4v) is 3.07. The van der Waals surface area contributed by atoms with Crippen molar-refractivity contribution >= 4 is 0 Å². The number of aromatic nitrogens is 3. The molecule has 3 rings (SSSR count). The van der Waals surface area contributed by atoms with Crippen LogP contribution >= 0.6 is 0 Å². The topological polar surface area (TPSA) is 60.0 Å². The molecule has 0 spiro atoms. The third-order valence-corrected chi connectivity index (χ3v) is 4.22. The molecule has 0 bridgehead atoms. The Bertz CT molecular complexity index is 550. The summed E-state index contributed by atoms with van der Waals surface area (Å²) in [5.41, 5.74) is 7.36. The SMILES string of the molecule is Cn1ncnc1CN1C[C@@H](CN)[C@H](c2ccccc2)C1. The van der Waals surface area contributed by atoms with Crippen LogP contribution in [0.1, 0.15) is 17.3 Å². The van der Waals surface area contributed by atoms with E-state index in [2.05, 4.69) is 45.3 Å². The molecule has 2 atom stereocenters. The Balaban J connectivity index is 1.73. The molecule has 0 radical (unpaired) electrons. The van der Waals surface area contributed by atoms with E-state index in [1.807, 2.05) is 11.7 Å². The first kappa shape index (κ1) is 13.3. The maximum absolute atomic E-state index is 5.97. The molecule has 2 heterocycles.